The van der Waals surface area contributed by atoms with Gasteiger partial charge in [0.1, 0.15) is 0 Å². The van der Waals surface area contributed by atoms with Crippen molar-refractivity contribution in [2.45, 2.75) is 40.2 Å². The fraction of sp³-hybridized carbons (Fsp3) is 0.611. The standard InChI is InChI=1S/C18H28N6O/c1-4-19-18(25)20-9-15-6-5-7-23(11-15)12-16-10-21-24-14(3)8-13(2)22-17(16)24/h8,10,15H,4-7,9,11-12H2,1-3H3,(H2,19,20,25)/t15-/m1/s1. The zero-order chi connectivity index (χ0) is 17.8. The molecule has 1 aliphatic heterocycles. The number of nitrogens with one attached hydrogen (secondary N) is 2. The molecule has 0 bridgehead atoms. The second kappa shape index (κ2) is 7.82. The molecule has 1 saturated heterocycles. The summed E-state index contributed by atoms with van der Waals surface area (Å²) < 4.78 is 1.92. The van der Waals surface area contributed by atoms with Crippen molar-refractivity contribution >= 4 is 11.7 Å². The number of piperidine rings is 1. The summed E-state index contributed by atoms with van der Waals surface area (Å²) in [4.78, 5) is 18.7. The number of fused-ring (bicyclic) bond motifs is 1. The van der Waals surface area contributed by atoms with Gasteiger partial charge >= 0.3 is 6.03 Å². The topological polar surface area (TPSA) is 74.6 Å². The van der Waals surface area contributed by atoms with Crippen LogP contribution in [0.25, 0.3) is 5.65 Å². The largest absolute Gasteiger partial charge is 0.338 e. The Hall–Kier alpha value is -2.15. The van der Waals surface area contributed by atoms with Crippen LogP contribution in [-0.2, 0) is 6.54 Å². The molecule has 0 aliphatic carbocycles. The SMILES string of the molecule is CCNC(=O)NC[C@H]1CCCN(Cc2cnn3c(C)cc(C)nc23)C1. The summed E-state index contributed by atoms with van der Waals surface area (Å²) in [5, 5.41) is 10.2. The lowest BCUT2D eigenvalue weighted by molar-refractivity contribution is 0.165. The summed E-state index contributed by atoms with van der Waals surface area (Å²) in [6.07, 6.45) is 4.26. The molecule has 0 radical (unpaired) electrons. The highest BCUT2D eigenvalue weighted by Gasteiger charge is 2.22. The minimum Gasteiger partial charge on any atom is -0.338 e. The van der Waals surface area contributed by atoms with Gasteiger partial charge in [0.2, 0.25) is 0 Å². The molecule has 1 fully saturated rings. The van der Waals surface area contributed by atoms with Gasteiger partial charge in [0, 0.05) is 43.1 Å². The highest BCUT2D eigenvalue weighted by atomic mass is 16.2. The van der Waals surface area contributed by atoms with Crippen molar-refractivity contribution in [2.75, 3.05) is 26.2 Å². The molecule has 3 heterocycles. The first-order chi connectivity index (χ1) is 12.1. The Morgan fingerprint density at radius 2 is 2.20 bits per heavy atom. The first-order valence-corrected chi connectivity index (χ1v) is 9.11. The average Bonchev–Trinajstić information content (AvgIpc) is 2.97. The van der Waals surface area contributed by atoms with Crippen molar-refractivity contribution < 1.29 is 4.79 Å². The van der Waals surface area contributed by atoms with E-state index in [9.17, 15) is 4.79 Å². The third kappa shape index (κ3) is 4.28. The van der Waals surface area contributed by atoms with Crippen molar-refractivity contribution in [3.63, 3.8) is 0 Å². The molecule has 2 aromatic rings. The van der Waals surface area contributed by atoms with Gasteiger partial charge < -0.3 is 10.6 Å². The molecule has 0 unspecified atom stereocenters. The Balaban J connectivity index is 1.62. The third-order valence-corrected chi connectivity index (χ3v) is 4.74. The number of nitrogens with zero attached hydrogens (tertiary/aromatic N) is 4. The van der Waals surface area contributed by atoms with E-state index in [1.807, 2.05) is 30.6 Å². The number of hydrogen-bond donors (Lipinski definition) is 2. The van der Waals surface area contributed by atoms with Gasteiger partial charge in [-0.2, -0.15) is 5.10 Å². The zero-order valence-electron chi connectivity index (χ0n) is 15.4. The van der Waals surface area contributed by atoms with Crippen LogP contribution in [-0.4, -0.2) is 51.7 Å². The van der Waals surface area contributed by atoms with E-state index in [-0.39, 0.29) is 6.03 Å². The van der Waals surface area contributed by atoms with Gasteiger partial charge in [0.05, 0.1) is 6.20 Å². The Morgan fingerprint density at radius 1 is 1.36 bits per heavy atom. The molecule has 0 aromatic carbocycles. The van der Waals surface area contributed by atoms with Gasteiger partial charge in [-0.3, -0.25) is 4.90 Å². The monoisotopic (exact) mass is 344 g/mol. The van der Waals surface area contributed by atoms with Crippen LogP contribution in [0.3, 0.4) is 0 Å². The van der Waals surface area contributed by atoms with Gasteiger partial charge in [0.15, 0.2) is 5.65 Å². The number of urea groups is 1. The molecule has 2 amide bonds. The summed E-state index contributed by atoms with van der Waals surface area (Å²) in [6.45, 7) is 10.3. The van der Waals surface area contributed by atoms with Gasteiger partial charge in [-0.15, -0.1) is 0 Å². The number of rotatable bonds is 5. The maximum atomic E-state index is 11.6. The van der Waals surface area contributed by atoms with Crippen LogP contribution in [0.2, 0.25) is 0 Å². The second-order valence-electron chi connectivity index (χ2n) is 6.93. The van der Waals surface area contributed by atoms with Crippen LogP contribution in [0.4, 0.5) is 4.79 Å². The maximum Gasteiger partial charge on any atom is 0.314 e. The molecular weight excluding hydrogens is 316 g/mol. The molecule has 7 heteroatoms. The van der Waals surface area contributed by atoms with Gasteiger partial charge in [-0.25, -0.2) is 14.3 Å². The Kier molecular flexibility index (Phi) is 5.53. The highest BCUT2D eigenvalue weighted by molar-refractivity contribution is 5.73. The normalized spacial score (nSPS) is 18.4. The van der Waals surface area contributed by atoms with Crippen LogP contribution < -0.4 is 10.6 Å². The van der Waals surface area contributed by atoms with Crippen LogP contribution in [0.1, 0.15) is 36.7 Å². The van der Waals surface area contributed by atoms with E-state index < -0.39 is 0 Å². The molecule has 2 N–H and O–H groups in total. The Morgan fingerprint density at radius 3 is 3.00 bits per heavy atom. The predicted molar refractivity (Wildman–Crippen MR) is 97.5 cm³/mol. The van der Waals surface area contributed by atoms with Crippen molar-refractivity contribution in [1.29, 1.82) is 0 Å². The molecule has 136 valence electrons. The maximum absolute atomic E-state index is 11.6. The van der Waals surface area contributed by atoms with Crippen molar-refractivity contribution in [3.05, 3.63) is 29.2 Å². The number of carbonyl (C=O) groups is 1. The van der Waals surface area contributed by atoms with Gasteiger partial charge in [-0.05, 0) is 52.1 Å². The van der Waals surface area contributed by atoms with Crippen molar-refractivity contribution in [3.8, 4) is 0 Å². The molecule has 1 atom stereocenters. The Labute approximate surface area is 148 Å². The predicted octanol–water partition coefficient (Wildman–Crippen LogP) is 1.88. The van der Waals surface area contributed by atoms with E-state index in [2.05, 4.69) is 32.5 Å². The highest BCUT2D eigenvalue weighted by Crippen LogP contribution is 2.20. The zero-order valence-corrected chi connectivity index (χ0v) is 15.4. The fourth-order valence-corrected chi connectivity index (χ4v) is 3.59. The average molecular weight is 344 g/mol. The molecule has 0 saturated carbocycles. The number of hydrogen-bond acceptors (Lipinski definition) is 4. The second-order valence-corrected chi connectivity index (χ2v) is 6.93. The van der Waals surface area contributed by atoms with E-state index in [0.717, 1.165) is 56.1 Å². The molecule has 7 nitrogen and oxygen atoms in total. The Bertz CT molecular complexity index is 740. The third-order valence-electron chi connectivity index (χ3n) is 4.74. The number of carbonyl (C=O) groups excluding carboxylic acids is 1. The number of aromatic nitrogens is 3. The smallest absolute Gasteiger partial charge is 0.314 e. The molecule has 2 aromatic heterocycles. The van der Waals surface area contributed by atoms with Crippen LogP contribution in [0, 0.1) is 19.8 Å². The van der Waals surface area contributed by atoms with E-state index >= 15 is 0 Å². The first kappa shape index (κ1) is 17.7. The molecule has 1 aliphatic rings. The molecular formula is C18H28N6O. The van der Waals surface area contributed by atoms with Crippen LogP contribution >= 0.6 is 0 Å². The molecule has 3 rings (SSSR count). The lowest BCUT2D eigenvalue weighted by Crippen LogP contribution is -2.43. The lowest BCUT2D eigenvalue weighted by atomic mass is 9.97. The number of amides is 2. The van der Waals surface area contributed by atoms with Crippen molar-refractivity contribution in [1.82, 2.24) is 30.1 Å². The van der Waals surface area contributed by atoms with Gasteiger partial charge in [-0.1, -0.05) is 0 Å². The number of likely N-dealkylation sites (tertiary alicyclic amines) is 1. The number of aryl methyl sites for hydroxylation is 2. The van der Waals surface area contributed by atoms with E-state index in [1.54, 1.807) is 0 Å². The van der Waals surface area contributed by atoms with Crippen LogP contribution in [0.5, 0.6) is 0 Å². The van der Waals surface area contributed by atoms with E-state index in [0.29, 0.717) is 12.5 Å². The van der Waals surface area contributed by atoms with Crippen molar-refractivity contribution in [2.24, 2.45) is 5.92 Å². The molecule has 0 spiro atoms. The summed E-state index contributed by atoms with van der Waals surface area (Å²) in [6, 6.07) is 1.98. The van der Waals surface area contributed by atoms with E-state index in [4.69, 9.17) is 0 Å². The quantitative estimate of drug-likeness (QED) is 0.868. The fourth-order valence-electron chi connectivity index (χ4n) is 3.59. The summed E-state index contributed by atoms with van der Waals surface area (Å²) in [5.41, 5.74) is 4.26. The summed E-state index contributed by atoms with van der Waals surface area (Å²) in [5.74, 6) is 0.495. The van der Waals surface area contributed by atoms with Gasteiger partial charge in [0.25, 0.3) is 0 Å². The lowest BCUT2D eigenvalue weighted by Gasteiger charge is -2.32. The minimum atomic E-state index is -0.0718. The molecule has 25 heavy (non-hydrogen) atoms. The summed E-state index contributed by atoms with van der Waals surface area (Å²) >= 11 is 0. The summed E-state index contributed by atoms with van der Waals surface area (Å²) in [7, 11) is 0. The van der Waals surface area contributed by atoms with Crippen LogP contribution in [0.15, 0.2) is 12.3 Å². The minimum absolute atomic E-state index is 0.0718. The van der Waals surface area contributed by atoms with E-state index in [1.165, 1.54) is 5.56 Å². The first-order valence-electron chi connectivity index (χ1n) is 9.11.